The Kier molecular flexibility index (Phi) is 7.09. The van der Waals surface area contributed by atoms with Gasteiger partial charge < -0.3 is 19.3 Å². The van der Waals surface area contributed by atoms with Gasteiger partial charge in [-0.2, -0.15) is 0 Å². The van der Waals surface area contributed by atoms with Crippen LogP contribution in [0.15, 0.2) is 60.0 Å². The van der Waals surface area contributed by atoms with Crippen LogP contribution in [0, 0.1) is 0 Å². The van der Waals surface area contributed by atoms with E-state index >= 15 is 0 Å². The van der Waals surface area contributed by atoms with Crippen LogP contribution in [-0.2, 0) is 9.47 Å². The standard InChI is InChI=1S/C21H32N2O2/c1-16(7-9-18(3)22(5)12-20-14-24-20)11-17(2)8-10-19(4)23(6)13-21-15-25-21/h7-10,20-21H,1,3,11-15H2,2,4-6H3/b9-7-,17-8+,19-10+. The van der Waals surface area contributed by atoms with Gasteiger partial charge in [-0.3, -0.25) is 0 Å². The SMILES string of the molecule is C=C(/C=C\C(=C)N(C)CC1CO1)C/C(C)=C/C=C(\C)N(C)CC1CO1. The van der Waals surface area contributed by atoms with E-state index in [1.165, 1.54) is 11.3 Å². The van der Waals surface area contributed by atoms with Crippen LogP contribution in [-0.4, -0.2) is 62.4 Å². The number of nitrogens with zero attached hydrogens (tertiary/aromatic N) is 2. The highest BCUT2D eigenvalue weighted by molar-refractivity contribution is 5.28. The molecule has 0 radical (unpaired) electrons. The number of hydrogen-bond donors (Lipinski definition) is 0. The molecule has 0 aromatic rings. The van der Waals surface area contributed by atoms with Gasteiger partial charge in [0.05, 0.1) is 25.4 Å². The largest absolute Gasteiger partial charge is 0.375 e. The normalized spacial score (nSPS) is 22.9. The van der Waals surface area contributed by atoms with E-state index in [2.05, 4.69) is 62.1 Å². The van der Waals surface area contributed by atoms with Crippen LogP contribution in [0.1, 0.15) is 20.3 Å². The van der Waals surface area contributed by atoms with E-state index in [-0.39, 0.29) is 0 Å². The lowest BCUT2D eigenvalue weighted by molar-refractivity contribution is 0.328. The molecule has 25 heavy (non-hydrogen) atoms. The molecule has 4 nitrogen and oxygen atoms in total. The lowest BCUT2D eigenvalue weighted by Crippen LogP contribution is -2.21. The molecular formula is C21H32N2O2. The summed E-state index contributed by atoms with van der Waals surface area (Å²) in [6, 6.07) is 0. The molecule has 2 aliphatic rings. The van der Waals surface area contributed by atoms with Crippen molar-refractivity contribution in [2.24, 2.45) is 0 Å². The van der Waals surface area contributed by atoms with Crippen molar-refractivity contribution in [3.05, 3.63) is 60.0 Å². The Morgan fingerprint density at radius 3 is 2.08 bits per heavy atom. The third-order valence-corrected chi connectivity index (χ3v) is 4.48. The fourth-order valence-corrected chi connectivity index (χ4v) is 2.43. The van der Waals surface area contributed by atoms with Gasteiger partial charge in [0.15, 0.2) is 0 Å². The molecule has 2 saturated heterocycles. The van der Waals surface area contributed by atoms with E-state index in [4.69, 9.17) is 9.47 Å². The highest BCUT2D eigenvalue weighted by Gasteiger charge is 2.24. The van der Waals surface area contributed by atoms with Crippen molar-refractivity contribution in [2.75, 3.05) is 40.4 Å². The van der Waals surface area contributed by atoms with Crippen LogP contribution in [0.5, 0.6) is 0 Å². The second-order valence-corrected chi connectivity index (χ2v) is 7.15. The van der Waals surface area contributed by atoms with Gasteiger partial charge >= 0.3 is 0 Å². The molecule has 2 atom stereocenters. The zero-order chi connectivity index (χ0) is 18.4. The smallest absolute Gasteiger partial charge is 0.0984 e. The number of ether oxygens (including phenoxy) is 2. The molecule has 2 fully saturated rings. The van der Waals surface area contributed by atoms with Gasteiger partial charge in [-0.15, -0.1) is 0 Å². The maximum atomic E-state index is 5.27. The minimum absolute atomic E-state index is 0.378. The molecule has 0 aromatic carbocycles. The van der Waals surface area contributed by atoms with E-state index in [0.29, 0.717) is 12.2 Å². The van der Waals surface area contributed by atoms with Crippen molar-refractivity contribution in [3.8, 4) is 0 Å². The molecule has 4 heteroatoms. The summed E-state index contributed by atoms with van der Waals surface area (Å²) in [6.07, 6.45) is 10.1. The Bertz CT molecular complexity index is 581. The average Bonchev–Trinajstić information content (AvgIpc) is 3.46. The van der Waals surface area contributed by atoms with Gasteiger partial charge in [0.1, 0.15) is 0 Å². The summed E-state index contributed by atoms with van der Waals surface area (Å²) >= 11 is 0. The molecule has 2 heterocycles. The van der Waals surface area contributed by atoms with Crippen LogP contribution >= 0.6 is 0 Å². The molecule has 0 spiro atoms. The Hall–Kier alpha value is -1.78. The van der Waals surface area contributed by atoms with Gasteiger partial charge in [0, 0.05) is 38.6 Å². The molecule has 0 saturated carbocycles. The number of hydrogen-bond acceptors (Lipinski definition) is 4. The lowest BCUT2D eigenvalue weighted by Gasteiger charge is -2.18. The summed E-state index contributed by atoms with van der Waals surface area (Å²) in [5, 5.41) is 0. The third kappa shape index (κ3) is 7.76. The molecule has 2 aliphatic heterocycles. The number of rotatable bonds is 11. The minimum atomic E-state index is 0.378. The highest BCUT2D eigenvalue weighted by Crippen LogP contribution is 2.16. The van der Waals surface area contributed by atoms with Crippen molar-refractivity contribution in [3.63, 3.8) is 0 Å². The van der Waals surface area contributed by atoms with Gasteiger partial charge in [0.25, 0.3) is 0 Å². The molecular weight excluding hydrogens is 312 g/mol. The molecule has 0 aliphatic carbocycles. The van der Waals surface area contributed by atoms with Crippen molar-refractivity contribution >= 4 is 0 Å². The van der Waals surface area contributed by atoms with Crippen molar-refractivity contribution < 1.29 is 9.47 Å². The summed E-state index contributed by atoms with van der Waals surface area (Å²) in [5.74, 6) is 0. The average molecular weight is 344 g/mol. The van der Waals surface area contributed by atoms with Crippen LogP contribution in [0.3, 0.4) is 0 Å². The predicted molar refractivity (Wildman–Crippen MR) is 104 cm³/mol. The summed E-state index contributed by atoms with van der Waals surface area (Å²) in [5.41, 5.74) is 4.60. The Morgan fingerprint density at radius 2 is 1.52 bits per heavy atom. The van der Waals surface area contributed by atoms with Crippen LogP contribution < -0.4 is 0 Å². The van der Waals surface area contributed by atoms with Crippen LogP contribution in [0.4, 0.5) is 0 Å². The Labute approximate surface area is 152 Å². The molecule has 0 N–H and O–H groups in total. The first kappa shape index (κ1) is 19.5. The molecule has 0 aromatic heterocycles. The molecule has 2 unspecified atom stereocenters. The molecule has 2 rings (SSSR count). The first-order valence-corrected chi connectivity index (χ1v) is 8.89. The monoisotopic (exact) mass is 344 g/mol. The van der Waals surface area contributed by atoms with Crippen molar-refractivity contribution in [1.82, 2.24) is 9.80 Å². The van der Waals surface area contributed by atoms with Crippen LogP contribution in [0.25, 0.3) is 0 Å². The number of likely N-dealkylation sites (N-methyl/N-ethyl adjacent to an activating group) is 2. The molecule has 0 bridgehead atoms. The van der Waals surface area contributed by atoms with E-state index in [1.807, 2.05) is 13.1 Å². The molecule has 0 amide bonds. The number of allylic oxidation sites excluding steroid dienone is 7. The van der Waals surface area contributed by atoms with Gasteiger partial charge in [0.2, 0.25) is 0 Å². The zero-order valence-corrected chi connectivity index (χ0v) is 16.1. The van der Waals surface area contributed by atoms with Crippen molar-refractivity contribution in [2.45, 2.75) is 32.5 Å². The molecule has 138 valence electrons. The lowest BCUT2D eigenvalue weighted by atomic mass is 10.1. The van der Waals surface area contributed by atoms with E-state index in [0.717, 1.165) is 44.0 Å². The second kappa shape index (κ2) is 9.07. The fraction of sp³-hybridized carbons (Fsp3) is 0.524. The first-order valence-electron chi connectivity index (χ1n) is 8.89. The predicted octanol–water partition coefficient (Wildman–Crippen LogP) is 3.51. The summed E-state index contributed by atoms with van der Waals surface area (Å²) in [7, 11) is 4.15. The summed E-state index contributed by atoms with van der Waals surface area (Å²) in [4.78, 5) is 4.36. The Balaban J connectivity index is 1.75. The highest BCUT2D eigenvalue weighted by atomic mass is 16.6. The topological polar surface area (TPSA) is 31.5 Å². The zero-order valence-electron chi connectivity index (χ0n) is 16.1. The quantitative estimate of drug-likeness (QED) is 0.424. The first-order chi connectivity index (χ1) is 11.8. The van der Waals surface area contributed by atoms with Gasteiger partial charge in [-0.05, 0) is 32.4 Å². The van der Waals surface area contributed by atoms with Gasteiger partial charge in [-0.1, -0.05) is 36.5 Å². The fourth-order valence-electron chi connectivity index (χ4n) is 2.43. The van der Waals surface area contributed by atoms with E-state index in [9.17, 15) is 0 Å². The Morgan fingerprint density at radius 1 is 0.960 bits per heavy atom. The van der Waals surface area contributed by atoms with Crippen molar-refractivity contribution in [1.29, 1.82) is 0 Å². The summed E-state index contributed by atoms with van der Waals surface area (Å²) < 4.78 is 10.5. The number of epoxide rings is 2. The maximum absolute atomic E-state index is 5.27. The van der Waals surface area contributed by atoms with E-state index in [1.54, 1.807) is 0 Å². The van der Waals surface area contributed by atoms with Crippen LogP contribution in [0.2, 0.25) is 0 Å². The minimum Gasteiger partial charge on any atom is -0.375 e. The van der Waals surface area contributed by atoms with E-state index < -0.39 is 0 Å². The van der Waals surface area contributed by atoms with Gasteiger partial charge in [-0.25, -0.2) is 0 Å². The third-order valence-electron chi connectivity index (χ3n) is 4.48. The summed E-state index contributed by atoms with van der Waals surface area (Å²) in [6.45, 7) is 16.1. The maximum Gasteiger partial charge on any atom is 0.0984 e. The second-order valence-electron chi connectivity index (χ2n) is 7.15.